The molecule has 4 rings (SSSR count). The van der Waals surface area contributed by atoms with Gasteiger partial charge in [0, 0.05) is 11.7 Å². The van der Waals surface area contributed by atoms with Crippen LogP contribution in [0.15, 0.2) is 78.9 Å². The van der Waals surface area contributed by atoms with E-state index >= 15 is 0 Å². The molecule has 1 heterocycles. The summed E-state index contributed by atoms with van der Waals surface area (Å²) in [6.07, 6.45) is 1.62. The highest BCUT2D eigenvalue weighted by atomic mass is 19.1. The Balaban J connectivity index is 1.81. The molecule has 1 aliphatic rings. The molecule has 3 aromatic carbocycles. The summed E-state index contributed by atoms with van der Waals surface area (Å²) in [5.41, 5.74) is 3.67. The van der Waals surface area contributed by atoms with Gasteiger partial charge in [0.15, 0.2) is 0 Å². The molecule has 0 aromatic heterocycles. The second-order valence-electron chi connectivity index (χ2n) is 7.12. The Morgan fingerprint density at radius 3 is 2.15 bits per heavy atom. The van der Waals surface area contributed by atoms with Gasteiger partial charge in [0.2, 0.25) is 5.91 Å². The Morgan fingerprint density at radius 1 is 0.963 bits per heavy atom. The monoisotopic (exact) mass is 359 g/mol. The quantitative estimate of drug-likeness (QED) is 0.619. The van der Waals surface area contributed by atoms with Crippen LogP contribution < -0.4 is 4.90 Å². The Kier molecular flexibility index (Phi) is 4.76. The second-order valence-corrected chi connectivity index (χ2v) is 7.12. The predicted molar refractivity (Wildman–Crippen MR) is 106 cm³/mol. The van der Waals surface area contributed by atoms with Gasteiger partial charge in [-0.25, -0.2) is 4.39 Å². The topological polar surface area (TPSA) is 20.3 Å². The molecule has 0 saturated heterocycles. The number of carbonyl (C=O) groups excluding carboxylic acids is 1. The van der Waals surface area contributed by atoms with Crippen LogP contribution in [0, 0.1) is 5.82 Å². The highest BCUT2D eigenvalue weighted by Gasteiger charge is 2.34. The van der Waals surface area contributed by atoms with E-state index in [9.17, 15) is 9.18 Å². The van der Waals surface area contributed by atoms with Gasteiger partial charge in [0.1, 0.15) is 5.82 Å². The number of carbonyl (C=O) groups is 1. The maximum Gasteiger partial charge on any atom is 0.239 e. The fourth-order valence-electron chi connectivity index (χ4n) is 3.96. The van der Waals surface area contributed by atoms with Crippen molar-refractivity contribution in [2.75, 3.05) is 4.90 Å². The number of hydrogen-bond acceptors (Lipinski definition) is 1. The van der Waals surface area contributed by atoms with Crippen molar-refractivity contribution in [1.82, 2.24) is 0 Å². The van der Waals surface area contributed by atoms with Gasteiger partial charge < -0.3 is 4.90 Å². The molecule has 3 heteroatoms. The van der Waals surface area contributed by atoms with Crippen LogP contribution in [-0.4, -0.2) is 11.9 Å². The molecule has 1 aliphatic heterocycles. The molecule has 1 amide bonds. The fraction of sp³-hybridized carbons (Fsp3) is 0.208. The minimum atomic E-state index is -0.383. The van der Waals surface area contributed by atoms with Crippen LogP contribution in [0.5, 0.6) is 0 Å². The maximum absolute atomic E-state index is 13.8. The van der Waals surface area contributed by atoms with E-state index in [4.69, 9.17) is 0 Å². The van der Waals surface area contributed by atoms with Crippen LogP contribution in [0.1, 0.15) is 36.0 Å². The van der Waals surface area contributed by atoms with Crippen molar-refractivity contribution in [3.8, 4) is 0 Å². The van der Waals surface area contributed by atoms with Crippen molar-refractivity contribution in [1.29, 1.82) is 0 Å². The molecule has 3 aromatic rings. The third-order valence-corrected chi connectivity index (χ3v) is 5.32. The normalized spacial score (nSPS) is 16.3. The number of rotatable bonds is 3. The van der Waals surface area contributed by atoms with Crippen molar-refractivity contribution >= 4 is 11.6 Å². The van der Waals surface area contributed by atoms with Gasteiger partial charge in [-0.3, -0.25) is 4.79 Å². The van der Waals surface area contributed by atoms with E-state index in [0.29, 0.717) is 0 Å². The van der Waals surface area contributed by atoms with Crippen LogP contribution in [0.4, 0.5) is 10.1 Å². The molecule has 1 atom stereocenters. The van der Waals surface area contributed by atoms with Crippen LogP contribution in [-0.2, 0) is 11.2 Å². The lowest BCUT2D eigenvalue weighted by Crippen LogP contribution is -2.44. The zero-order chi connectivity index (χ0) is 18.8. The van der Waals surface area contributed by atoms with Gasteiger partial charge in [0.05, 0.1) is 5.92 Å². The van der Waals surface area contributed by atoms with Crippen molar-refractivity contribution in [2.24, 2.45) is 0 Å². The molecule has 0 fully saturated rings. The van der Waals surface area contributed by atoms with E-state index < -0.39 is 0 Å². The molecule has 27 heavy (non-hydrogen) atoms. The molecule has 136 valence electrons. The van der Waals surface area contributed by atoms with Crippen LogP contribution in [0.25, 0.3) is 0 Å². The zero-order valence-corrected chi connectivity index (χ0v) is 15.3. The first-order valence-corrected chi connectivity index (χ1v) is 9.36. The number of fused-ring (bicyclic) bond motifs is 1. The number of halogens is 1. The smallest absolute Gasteiger partial charge is 0.239 e. The lowest BCUT2D eigenvalue weighted by atomic mass is 9.87. The SMILES string of the molecule is CC1CCc2cc(F)ccc2N1C(=O)C(c1ccccc1)c1ccccc1. The summed E-state index contributed by atoms with van der Waals surface area (Å²) < 4.78 is 13.7. The number of nitrogens with zero attached hydrogens (tertiary/aromatic N) is 1. The van der Waals surface area contributed by atoms with Crippen LogP contribution >= 0.6 is 0 Å². The van der Waals surface area contributed by atoms with Gasteiger partial charge >= 0.3 is 0 Å². The van der Waals surface area contributed by atoms with Crippen LogP contribution in [0.2, 0.25) is 0 Å². The van der Waals surface area contributed by atoms with E-state index in [1.165, 1.54) is 6.07 Å². The minimum absolute atomic E-state index is 0.0347. The highest BCUT2D eigenvalue weighted by Crippen LogP contribution is 2.36. The van der Waals surface area contributed by atoms with Gasteiger partial charge in [-0.15, -0.1) is 0 Å². The number of amides is 1. The zero-order valence-electron chi connectivity index (χ0n) is 15.3. The Morgan fingerprint density at radius 2 is 1.56 bits per heavy atom. The van der Waals surface area contributed by atoms with Crippen molar-refractivity contribution in [2.45, 2.75) is 31.7 Å². The number of hydrogen-bond donors (Lipinski definition) is 0. The Labute approximate surface area is 159 Å². The summed E-state index contributed by atoms with van der Waals surface area (Å²) in [7, 11) is 0. The van der Waals surface area contributed by atoms with E-state index in [2.05, 4.69) is 6.92 Å². The standard InChI is InChI=1S/C24H22FNO/c1-17-12-13-20-16-21(25)14-15-22(20)26(17)24(27)23(18-8-4-2-5-9-18)19-10-6-3-7-11-19/h2-11,14-17,23H,12-13H2,1H3. The van der Waals surface area contributed by atoms with E-state index in [1.807, 2.05) is 65.6 Å². The molecular weight excluding hydrogens is 337 g/mol. The molecule has 0 aliphatic carbocycles. The third kappa shape index (κ3) is 3.37. The lowest BCUT2D eigenvalue weighted by molar-refractivity contribution is -0.119. The van der Waals surface area contributed by atoms with Gasteiger partial charge in [-0.05, 0) is 54.7 Å². The summed E-state index contributed by atoms with van der Waals surface area (Å²) in [4.78, 5) is 15.7. The largest absolute Gasteiger partial charge is 0.309 e. The first kappa shape index (κ1) is 17.5. The predicted octanol–water partition coefficient (Wildman–Crippen LogP) is 5.33. The van der Waals surface area contributed by atoms with Crippen molar-refractivity contribution < 1.29 is 9.18 Å². The number of aryl methyl sites for hydroxylation is 1. The van der Waals surface area contributed by atoms with Crippen molar-refractivity contribution in [3.63, 3.8) is 0 Å². The van der Waals surface area contributed by atoms with E-state index in [1.54, 1.807) is 12.1 Å². The summed E-state index contributed by atoms with van der Waals surface area (Å²) in [6, 6.07) is 24.5. The second kappa shape index (κ2) is 7.36. The number of benzene rings is 3. The summed E-state index contributed by atoms with van der Waals surface area (Å²) >= 11 is 0. The first-order chi connectivity index (χ1) is 13.1. The van der Waals surface area contributed by atoms with Gasteiger partial charge in [-0.2, -0.15) is 0 Å². The average molecular weight is 359 g/mol. The molecule has 2 nitrogen and oxygen atoms in total. The third-order valence-electron chi connectivity index (χ3n) is 5.32. The molecule has 0 spiro atoms. The first-order valence-electron chi connectivity index (χ1n) is 9.36. The summed E-state index contributed by atoms with van der Waals surface area (Å²) in [5.74, 6) is -0.600. The minimum Gasteiger partial charge on any atom is -0.309 e. The van der Waals surface area contributed by atoms with Gasteiger partial charge in [0.25, 0.3) is 0 Å². The Hall–Kier alpha value is -2.94. The molecule has 0 N–H and O–H groups in total. The molecule has 0 saturated carbocycles. The molecular formula is C24H22FNO. The van der Waals surface area contributed by atoms with E-state index in [0.717, 1.165) is 35.2 Å². The van der Waals surface area contributed by atoms with Crippen LogP contribution in [0.3, 0.4) is 0 Å². The maximum atomic E-state index is 13.8. The van der Waals surface area contributed by atoms with Crippen molar-refractivity contribution in [3.05, 3.63) is 101 Å². The summed E-state index contributed by atoms with van der Waals surface area (Å²) in [6.45, 7) is 2.07. The highest BCUT2D eigenvalue weighted by molar-refractivity contribution is 6.01. The number of anilines is 1. The molecule has 0 radical (unpaired) electrons. The van der Waals surface area contributed by atoms with E-state index in [-0.39, 0.29) is 23.7 Å². The molecule has 0 bridgehead atoms. The average Bonchev–Trinajstić information content (AvgIpc) is 2.70. The summed E-state index contributed by atoms with van der Waals surface area (Å²) in [5, 5.41) is 0. The Bertz CT molecular complexity index is 900. The molecule has 1 unspecified atom stereocenters. The lowest BCUT2D eigenvalue weighted by Gasteiger charge is -2.37. The fourth-order valence-corrected chi connectivity index (χ4v) is 3.96. The van der Waals surface area contributed by atoms with Gasteiger partial charge in [-0.1, -0.05) is 60.7 Å².